The van der Waals surface area contributed by atoms with Crippen molar-refractivity contribution in [3.05, 3.63) is 85.1 Å². The van der Waals surface area contributed by atoms with Crippen molar-refractivity contribution in [1.82, 2.24) is 0 Å². The summed E-state index contributed by atoms with van der Waals surface area (Å²) in [5.41, 5.74) is 0. The van der Waals surface area contributed by atoms with Gasteiger partial charge in [0.1, 0.15) is 13.2 Å². The van der Waals surface area contributed by atoms with Gasteiger partial charge in [0.15, 0.2) is 6.10 Å². The third-order valence-electron chi connectivity index (χ3n) is 14.9. The molecule has 0 aromatic rings. The maximum atomic E-state index is 12.9. The van der Waals surface area contributed by atoms with Crippen LogP contribution in [0.3, 0.4) is 0 Å². The summed E-state index contributed by atoms with van der Waals surface area (Å²) in [4.78, 5) is 38.3. The Hall–Kier alpha value is -3.41. The molecular weight excluding hydrogens is 973 g/mol. The number of esters is 3. The van der Waals surface area contributed by atoms with E-state index in [4.69, 9.17) is 14.2 Å². The lowest BCUT2D eigenvalue weighted by Crippen LogP contribution is -2.30. The molecule has 0 rings (SSSR count). The van der Waals surface area contributed by atoms with Crippen molar-refractivity contribution >= 4 is 17.9 Å². The van der Waals surface area contributed by atoms with Gasteiger partial charge in [0.2, 0.25) is 0 Å². The molecule has 0 saturated carbocycles. The van der Waals surface area contributed by atoms with Gasteiger partial charge in [-0.3, -0.25) is 14.4 Å². The van der Waals surface area contributed by atoms with E-state index in [1.165, 1.54) is 199 Å². The van der Waals surface area contributed by atoms with Gasteiger partial charge in [0.05, 0.1) is 0 Å². The van der Waals surface area contributed by atoms with E-state index >= 15 is 0 Å². The van der Waals surface area contributed by atoms with Gasteiger partial charge in [-0.05, 0) is 96.3 Å². The fourth-order valence-electron chi connectivity index (χ4n) is 9.80. The topological polar surface area (TPSA) is 78.9 Å². The number of ether oxygens (including phenoxy) is 3. The number of carbonyl (C=O) groups excluding carboxylic acids is 3. The van der Waals surface area contributed by atoms with Crippen molar-refractivity contribution in [2.45, 2.75) is 348 Å². The number of rotatable bonds is 62. The molecule has 6 heteroatoms. The van der Waals surface area contributed by atoms with E-state index in [0.29, 0.717) is 19.3 Å². The van der Waals surface area contributed by atoms with Crippen LogP contribution in [0.5, 0.6) is 0 Å². The Bertz CT molecular complexity index is 1500. The highest BCUT2D eigenvalue weighted by Gasteiger charge is 2.19. The fourth-order valence-corrected chi connectivity index (χ4v) is 9.80. The normalized spacial score (nSPS) is 12.6. The average molecular weight is 1100 g/mol. The Morgan fingerprint density at radius 2 is 0.494 bits per heavy atom. The van der Waals surface area contributed by atoms with E-state index < -0.39 is 6.10 Å². The summed E-state index contributed by atoms with van der Waals surface area (Å²) in [5.74, 6) is -0.878. The maximum Gasteiger partial charge on any atom is 0.306 e. The summed E-state index contributed by atoms with van der Waals surface area (Å²) in [7, 11) is 0. The molecule has 0 bridgehead atoms. The highest BCUT2D eigenvalue weighted by atomic mass is 16.6. The summed E-state index contributed by atoms with van der Waals surface area (Å²) in [6, 6.07) is 0. The van der Waals surface area contributed by atoms with Crippen molar-refractivity contribution < 1.29 is 28.6 Å². The van der Waals surface area contributed by atoms with E-state index in [2.05, 4.69) is 106 Å². The Morgan fingerprint density at radius 1 is 0.266 bits per heavy atom. The molecule has 0 amide bonds. The number of unbranched alkanes of at least 4 members (excludes halogenated alkanes) is 37. The van der Waals surface area contributed by atoms with Crippen LogP contribution in [0.4, 0.5) is 0 Å². The first kappa shape index (κ1) is 75.6. The minimum absolute atomic E-state index is 0.0778. The highest BCUT2D eigenvalue weighted by molar-refractivity contribution is 5.71. The third-order valence-corrected chi connectivity index (χ3v) is 14.9. The SMILES string of the molecule is CC/C=C\C/C=C\C/C=C\C/C=C\C/C=C\C/C=C\CCCCCCCCC(=O)OCC(COC(=O)CCCCCCCCCCCCC)OC(=O)CCCCCCCCCCCCCCC/C=C\CCCCCCCCCC. The molecule has 0 aromatic heterocycles. The Morgan fingerprint density at radius 3 is 0.785 bits per heavy atom. The molecule has 0 heterocycles. The van der Waals surface area contributed by atoms with Gasteiger partial charge in [-0.25, -0.2) is 0 Å². The summed E-state index contributed by atoms with van der Waals surface area (Å²) in [5, 5.41) is 0. The second kappa shape index (κ2) is 67.1. The van der Waals surface area contributed by atoms with E-state index in [1.54, 1.807) is 0 Å². The molecule has 1 unspecified atom stereocenters. The molecule has 0 aliphatic carbocycles. The molecule has 0 N–H and O–H groups in total. The zero-order valence-electron chi connectivity index (χ0n) is 52.4. The molecule has 0 aromatic carbocycles. The third kappa shape index (κ3) is 65.3. The molecular formula is C73H128O6. The first-order chi connectivity index (χ1) is 39.0. The molecule has 0 saturated heterocycles. The zero-order chi connectivity index (χ0) is 57.1. The summed E-state index contributed by atoms with van der Waals surface area (Å²) < 4.78 is 16.9. The first-order valence-electron chi connectivity index (χ1n) is 34.1. The smallest absolute Gasteiger partial charge is 0.306 e. The predicted octanol–water partition coefficient (Wildman–Crippen LogP) is 23.4. The lowest BCUT2D eigenvalue weighted by Gasteiger charge is -2.18. The van der Waals surface area contributed by atoms with Gasteiger partial charge in [0.25, 0.3) is 0 Å². The predicted molar refractivity (Wildman–Crippen MR) is 344 cm³/mol. The molecule has 0 fully saturated rings. The summed E-state index contributed by atoms with van der Waals surface area (Å²) in [6.45, 7) is 6.55. The Kier molecular flexibility index (Phi) is 64.2. The second-order valence-electron chi connectivity index (χ2n) is 22.7. The molecule has 456 valence electrons. The molecule has 6 nitrogen and oxygen atoms in total. The van der Waals surface area contributed by atoms with Crippen LogP contribution in [0, 0.1) is 0 Å². The van der Waals surface area contributed by atoms with Crippen LogP contribution in [-0.4, -0.2) is 37.2 Å². The van der Waals surface area contributed by atoms with Crippen LogP contribution in [0.1, 0.15) is 342 Å². The van der Waals surface area contributed by atoms with Crippen molar-refractivity contribution in [1.29, 1.82) is 0 Å². The van der Waals surface area contributed by atoms with Crippen molar-refractivity contribution in [3.8, 4) is 0 Å². The summed E-state index contributed by atoms with van der Waals surface area (Å²) >= 11 is 0. The van der Waals surface area contributed by atoms with Gasteiger partial charge in [-0.2, -0.15) is 0 Å². The molecule has 0 radical (unpaired) electrons. The lowest BCUT2D eigenvalue weighted by atomic mass is 10.0. The minimum atomic E-state index is -0.782. The first-order valence-corrected chi connectivity index (χ1v) is 34.1. The standard InChI is InChI=1S/C73H128O6/c1-4-7-10-13-16-19-22-24-26-28-30-32-34-36-38-40-42-44-46-48-51-54-57-60-63-66-72(75)78-69-70(68-77-71(74)65-62-59-56-53-50-21-18-15-12-9-6-3)79-73(76)67-64-61-58-55-52-49-47-45-43-41-39-37-35-33-31-29-27-25-23-20-17-14-11-8-5-2/h7,10,16,19,24,26,29-32,36,38,42,44,70H,4-6,8-9,11-15,17-18,20-23,25,27-28,33-35,37,39-41,43,45-69H2,1-3H3/b10-7-,19-16-,26-24-,31-29-,32-30-,38-36-,44-42-. The molecule has 0 aliphatic rings. The summed E-state index contributed by atoms with van der Waals surface area (Å²) in [6.07, 6.45) is 88.9. The molecule has 79 heavy (non-hydrogen) atoms. The van der Waals surface area contributed by atoms with Crippen molar-refractivity contribution in [2.24, 2.45) is 0 Å². The Labute approximate surface area is 490 Å². The maximum absolute atomic E-state index is 12.9. The van der Waals surface area contributed by atoms with E-state index in [-0.39, 0.29) is 31.1 Å². The number of allylic oxidation sites excluding steroid dienone is 14. The zero-order valence-corrected chi connectivity index (χ0v) is 52.4. The molecule has 0 spiro atoms. The van der Waals surface area contributed by atoms with E-state index in [1.807, 2.05) is 0 Å². The van der Waals surface area contributed by atoms with Crippen LogP contribution < -0.4 is 0 Å². The largest absolute Gasteiger partial charge is 0.462 e. The number of hydrogen-bond acceptors (Lipinski definition) is 6. The van der Waals surface area contributed by atoms with Crippen LogP contribution in [0.25, 0.3) is 0 Å². The van der Waals surface area contributed by atoms with Gasteiger partial charge in [-0.1, -0.05) is 311 Å². The van der Waals surface area contributed by atoms with Gasteiger partial charge < -0.3 is 14.2 Å². The number of carbonyl (C=O) groups is 3. The number of hydrogen-bond donors (Lipinski definition) is 0. The fraction of sp³-hybridized carbons (Fsp3) is 0.767. The van der Waals surface area contributed by atoms with Crippen LogP contribution in [0.15, 0.2) is 85.1 Å². The molecule has 0 aliphatic heterocycles. The average Bonchev–Trinajstić information content (AvgIpc) is 3.45. The van der Waals surface area contributed by atoms with E-state index in [9.17, 15) is 14.4 Å². The van der Waals surface area contributed by atoms with Crippen molar-refractivity contribution in [2.75, 3.05) is 13.2 Å². The van der Waals surface area contributed by atoms with Gasteiger partial charge >= 0.3 is 17.9 Å². The second-order valence-corrected chi connectivity index (χ2v) is 22.7. The van der Waals surface area contributed by atoms with Crippen molar-refractivity contribution in [3.63, 3.8) is 0 Å². The van der Waals surface area contributed by atoms with E-state index in [0.717, 1.165) is 103 Å². The molecule has 1 atom stereocenters. The van der Waals surface area contributed by atoms with Gasteiger partial charge in [-0.15, -0.1) is 0 Å². The highest BCUT2D eigenvalue weighted by Crippen LogP contribution is 2.17. The monoisotopic (exact) mass is 1100 g/mol. The quantitative estimate of drug-likeness (QED) is 0.0261. The minimum Gasteiger partial charge on any atom is -0.462 e. The van der Waals surface area contributed by atoms with Crippen LogP contribution in [0.2, 0.25) is 0 Å². The lowest BCUT2D eigenvalue weighted by molar-refractivity contribution is -0.167. The van der Waals surface area contributed by atoms with Crippen LogP contribution in [-0.2, 0) is 28.6 Å². The Balaban J connectivity index is 4.27. The van der Waals surface area contributed by atoms with Crippen LogP contribution >= 0.6 is 0 Å². The van der Waals surface area contributed by atoms with Gasteiger partial charge in [0, 0.05) is 19.3 Å².